The van der Waals surface area contributed by atoms with Gasteiger partial charge in [0, 0.05) is 18.0 Å². The maximum atomic E-state index is 13.9. The SMILES string of the molecule is C=CCN(C)Cc1ccc(-c2ccc(O)c3c2C[C@H]2C[C@H]4[C@H](N(C)C)C(=O)C(C(N)=O)C(=O)[C@@]4(O)C(=O)C2C3=O)o1. The summed E-state index contributed by atoms with van der Waals surface area (Å²) in [4.78, 5) is 70.0. The third-order valence-electron chi connectivity index (χ3n) is 8.74. The van der Waals surface area contributed by atoms with Crippen LogP contribution in [0.3, 0.4) is 0 Å². The highest BCUT2D eigenvalue weighted by Gasteiger charge is 2.69. The van der Waals surface area contributed by atoms with Crippen molar-refractivity contribution in [1.82, 2.24) is 9.80 Å². The van der Waals surface area contributed by atoms with Crippen LogP contribution in [-0.2, 0) is 32.1 Å². The Morgan fingerprint density at radius 3 is 2.49 bits per heavy atom. The van der Waals surface area contributed by atoms with Crippen molar-refractivity contribution in [3.8, 4) is 17.1 Å². The quantitative estimate of drug-likeness (QED) is 0.322. The molecule has 1 amide bonds. The molecule has 2 aromatic rings. The first-order chi connectivity index (χ1) is 19.3. The Morgan fingerprint density at radius 2 is 1.85 bits per heavy atom. The second-order valence-electron chi connectivity index (χ2n) is 11.5. The van der Waals surface area contributed by atoms with Crippen molar-refractivity contribution in [3.63, 3.8) is 0 Å². The average molecular weight is 564 g/mol. The number of nitrogens with two attached hydrogens (primary N) is 1. The van der Waals surface area contributed by atoms with Crippen LogP contribution < -0.4 is 5.73 Å². The first-order valence-electron chi connectivity index (χ1n) is 13.4. The molecule has 0 radical (unpaired) electrons. The van der Waals surface area contributed by atoms with Gasteiger partial charge in [0.15, 0.2) is 34.7 Å². The van der Waals surface area contributed by atoms with E-state index in [-0.39, 0.29) is 24.2 Å². The summed E-state index contributed by atoms with van der Waals surface area (Å²) < 4.78 is 6.08. The summed E-state index contributed by atoms with van der Waals surface area (Å²) in [5.41, 5.74) is 3.59. The number of fused-ring (bicyclic) bond motifs is 3. The zero-order valence-electron chi connectivity index (χ0n) is 23.1. The van der Waals surface area contributed by atoms with Crippen molar-refractivity contribution in [2.24, 2.45) is 29.4 Å². The molecule has 2 saturated carbocycles. The molecule has 0 bridgehead atoms. The Morgan fingerprint density at radius 1 is 1.15 bits per heavy atom. The summed E-state index contributed by atoms with van der Waals surface area (Å²) in [6.07, 6.45) is 1.91. The second-order valence-corrected chi connectivity index (χ2v) is 11.5. The standard InChI is InChI=1S/C30H33N3O8/c1-5-10-33(4)13-15-6-9-20(41-15)16-7-8-19(34)22-17(16)11-14-12-18-24(32(2)3)26(36)23(29(31)39)28(38)30(18,40)27(37)21(14)25(22)35/h5-9,14,18,21,23-24,34,40H,1,10-13H2,2-4H3,(H2,31,39)/t14-,18-,21?,23?,24-,30-/m0/s1. The van der Waals surface area contributed by atoms with Crippen LogP contribution in [0.4, 0.5) is 0 Å². The number of aliphatic hydroxyl groups is 1. The van der Waals surface area contributed by atoms with Crippen LogP contribution >= 0.6 is 0 Å². The summed E-state index contributed by atoms with van der Waals surface area (Å²) in [6, 6.07) is 5.43. The van der Waals surface area contributed by atoms with Crippen LogP contribution in [0.1, 0.15) is 28.1 Å². The van der Waals surface area contributed by atoms with E-state index in [1.807, 2.05) is 18.0 Å². The molecule has 1 aromatic heterocycles. The number of phenolic OH excluding ortho intramolecular Hbond substituents is 1. The van der Waals surface area contributed by atoms with Gasteiger partial charge in [-0.1, -0.05) is 6.08 Å². The second kappa shape index (κ2) is 10.2. The number of hydrogen-bond acceptors (Lipinski definition) is 10. The van der Waals surface area contributed by atoms with Gasteiger partial charge >= 0.3 is 0 Å². The molecule has 6 atom stereocenters. The van der Waals surface area contributed by atoms with E-state index in [1.54, 1.807) is 32.3 Å². The zero-order valence-corrected chi connectivity index (χ0v) is 23.1. The maximum absolute atomic E-state index is 13.9. The van der Waals surface area contributed by atoms with E-state index in [2.05, 4.69) is 6.58 Å². The third kappa shape index (κ3) is 4.27. The number of amides is 1. The molecule has 0 spiro atoms. The monoisotopic (exact) mass is 563 g/mol. The smallest absolute Gasteiger partial charge is 0.235 e. The van der Waals surface area contributed by atoms with Gasteiger partial charge in [-0.25, -0.2) is 0 Å². The predicted octanol–water partition coefficient (Wildman–Crippen LogP) is 0.745. The van der Waals surface area contributed by atoms with Crippen molar-refractivity contribution in [1.29, 1.82) is 0 Å². The molecule has 0 aliphatic heterocycles. The number of hydrogen-bond donors (Lipinski definition) is 3. The number of carbonyl (C=O) groups is 5. The third-order valence-corrected chi connectivity index (χ3v) is 8.74. The van der Waals surface area contributed by atoms with Crippen LogP contribution in [0.25, 0.3) is 11.3 Å². The highest BCUT2D eigenvalue weighted by atomic mass is 16.3. The lowest BCUT2D eigenvalue weighted by molar-refractivity contribution is -0.181. The van der Waals surface area contributed by atoms with E-state index in [0.717, 1.165) is 0 Å². The molecule has 1 heterocycles. The molecule has 3 aliphatic rings. The Bertz CT molecular complexity index is 1490. The van der Waals surface area contributed by atoms with E-state index >= 15 is 0 Å². The number of likely N-dealkylation sites (N-methyl/N-ethyl adjacent to an activating group) is 2. The van der Waals surface area contributed by atoms with Gasteiger partial charge in [0.2, 0.25) is 5.91 Å². The van der Waals surface area contributed by atoms with Crippen LogP contribution in [0.15, 0.2) is 41.3 Å². The number of phenols is 1. The molecule has 2 unspecified atom stereocenters. The zero-order chi connectivity index (χ0) is 30.0. The lowest BCUT2D eigenvalue weighted by atomic mass is 9.52. The Kier molecular flexibility index (Phi) is 7.09. The number of ketones is 4. The molecule has 4 N–H and O–H groups in total. The lowest BCUT2D eigenvalue weighted by Gasteiger charge is -2.52. The average Bonchev–Trinajstić information content (AvgIpc) is 3.34. The lowest BCUT2D eigenvalue weighted by Crippen LogP contribution is -2.74. The molecule has 5 rings (SSSR count). The normalized spacial score (nSPS) is 29.4. The molecule has 216 valence electrons. The first-order valence-corrected chi connectivity index (χ1v) is 13.4. The van der Waals surface area contributed by atoms with Crippen molar-refractivity contribution in [2.75, 3.05) is 27.7 Å². The highest BCUT2D eigenvalue weighted by Crippen LogP contribution is 2.51. The maximum Gasteiger partial charge on any atom is 0.235 e. The number of carbonyl (C=O) groups excluding carboxylic acids is 5. The summed E-state index contributed by atoms with van der Waals surface area (Å²) in [5, 5.41) is 22.4. The summed E-state index contributed by atoms with van der Waals surface area (Å²) >= 11 is 0. The minimum absolute atomic E-state index is 0.0191. The van der Waals surface area contributed by atoms with Gasteiger partial charge in [-0.2, -0.15) is 0 Å². The van der Waals surface area contributed by atoms with E-state index in [9.17, 15) is 34.2 Å². The molecule has 11 heteroatoms. The number of aromatic hydroxyl groups is 1. The Hall–Kier alpha value is -3.93. The van der Waals surface area contributed by atoms with E-state index in [1.165, 1.54) is 11.0 Å². The largest absolute Gasteiger partial charge is 0.507 e. The first kappa shape index (κ1) is 28.6. The summed E-state index contributed by atoms with van der Waals surface area (Å²) in [7, 11) is 5.01. The number of furan rings is 1. The molecule has 0 saturated heterocycles. The fraction of sp³-hybridized carbons (Fsp3) is 0.433. The van der Waals surface area contributed by atoms with Crippen LogP contribution in [-0.4, -0.2) is 88.4 Å². The predicted molar refractivity (Wildman–Crippen MR) is 146 cm³/mol. The van der Waals surface area contributed by atoms with Gasteiger partial charge < -0.3 is 20.4 Å². The van der Waals surface area contributed by atoms with Gasteiger partial charge in [-0.05, 0) is 69.7 Å². The van der Waals surface area contributed by atoms with E-state index in [4.69, 9.17) is 10.2 Å². The Labute approximate surface area is 236 Å². The van der Waals surface area contributed by atoms with Gasteiger partial charge in [0.05, 0.1) is 24.1 Å². The molecule has 1 aromatic carbocycles. The number of Topliss-reactive ketones (excluding diaryl/α,β-unsaturated/α-hetero) is 4. The van der Waals surface area contributed by atoms with Crippen LogP contribution in [0, 0.1) is 23.7 Å². The summed E-state index contributed by atoms with van der Waals surface area (Å²) in [5.74, 6) is -9.61. The molecular formula is C30H33N3O8. The van der Waals surface area contributed by atoms with Crippen LogP contribution in [0.5, 0.6) is 5.75 Å². The molecule has 41 heavy (non-hydrogen) atoms. The van der Waals surface area contributed by atoms with E-state index < -0.39 is 64.4 Å². The molecule has 2 fully saturated rings. The van der Waals surface area contributed by atoms with Crippen molar-refractivity contribution in [2.45, 2.75) is 31.0 Å². The molecule has 3 aliphatic carbocycles. The fourth-order valence-electron chi connectivity index (χ4n) is 6.99. The fourth-order valence-corrected chi connectivity index (χ4v) is 6.99. The number of nitrogens with zero attached hydrogens (tertiary/aromatic N) is 2. The van der Waals surface area contributed by atoms with Crippen molar-refractivity contribution in [3.05, 3.63) is 53.8 Å². The highest BCUT2D eigenvalue weighted by molar-refractivity contribution is 6.32. The number of rotatable bonds is 7. The van der Waals surface area contributed by atoms with Gasteiger partial charge in [0.25, 0.3) is 0 Å². The van der Waals surface area contributed by atoms with Crippen molar-refractivity contribution < 1.29 is 38.6 Å². The van der Waals surface area contributed by atoms with E-state index in [0.29, 0.717) is 35.7 Å². The molecule has 11 nitrogen and oxygen atoms in total. The molecular weight excluding hydrogens is 530 g/mol. The van der Waals surface area contributed by atoms with Gasteiger partial charge in [-0.15, -0.1) is 6.58 Å². The number of primary amides is 1. The summed E-state index contributed by atoms with van der Waals surface area (Å²) in [6.45, 7) is 4.91. The van der Waals surface area contributed by atoms with Crippen LogP contribution in [0.2, 0.25) is 0 Å². The Balaban J connectivity index is 1.58. The minimum Gasteiger partial charge on any atom is -0.507 e. The topological polar surface area (TPSA) is 171 Å². The minimum atomic E-state index is -2.75. The van der Waals surface area contributed by atoms with Gasteiger partial charge in [-0.3, -0.25) is 33.8 Å². The van der Waals surface area contributed by atoms with Crippen molar-refractivity contribution >= 4 is 29.0 Å². The number of benzene rings is 1. The van der Waals surface area contributed by atoms with Gasteiger partial charge in [0.1, 0.15) is 17.3 Å².